The molecule has 206 valence electrons. The van der Waals surface area contributed by atoms with Crippen molar-refractivity contribution in [3.8, 4) is 38.1 Å². The van der Waals surface area contributed by atoms with Gasteiger partial charge in [0.25, 0.3) is 0 Å². The van der Waals surface area contributed by atoms with E-state index in [2.05, 4.69) is 144 Å². The molecule has 3 aromatic heterocycles. The molecule has 44 heavy (non-hydrogen) atoms. The molecule has 9 aromatic rings. The smallest absolute Gasteiger partial charge is 0.235 e. The average molecular weight is 580 g/mol. The second-order valence-electron chi connectivity index (χ2n) is 11.0. The van der Waals surface area contributed by atoms with Gasteiger partial charge in [0, 0.05) is 37.0 Å². The number of hydrogen-bond acceptors (Lipinski definition) is 3. The van der Waals surface area contributed by atoms with Gasteiger partial charge in [0.2, 0.25) is 5.95 Å². The van der Waals surface area contributed by atoms with Crippen LogP contribution in [0.1, 0.15) is 0 Å². The summed E-state index contributed by atoms with van der Waals surface area (Å²) in [4.78, 5) is 13.0. The minimum Gasteiger partial charge on any atom is -0.278 e. The molecule has 0 aliphatic heterocycles. The maximum atomic E-state index is 5.29. The summed E-state index contributed by atoms with van der Waals surface area (Å²) < 4.78 is 2.26. The Kier molecular flexibility index (Phi) is 5.68. The Morgan fingerprint density at radius 1 is 0.455 bits per heavy atom. The van der Waals surface area contributed by atoms with Crippen LogP contribution in [-0.2, 0) is 0 Å². The summed E-state index contributed by atoms with van der Waals surface area (Å²) >= 11 is 1.83. The molecule has 0 fully saturated rings. The zero-order chi connectivity index (χ0) is 29.0. The van der Waals surface area contributed by atoms with Gasteiger partial charge < -0.3 is 0 Å². The van der Waals surface area contributed by atoms with E-state index in [1.54, 1.807) is 0 Å². The summed E-state index contributed by atoms with van der Waals surface area (Å²) in [6.07, 6.45) is 0. The molecule has 0 saturated heterocycles. The summed E-state index contributed by atoms with van der Waals surface area (Å²) in [5.74, 6) is 0.672. The van der Waals surface area contributed by atoms with Gasteiger partial charge in [-0.05, 0) is 46.7 Å². The molecule has 0 atom stereocenters. The Morgan fingerprint density at radius 3 is 1.86 bits per heavy atom. The van der Waals surface area contributed by atoms with Gasteiger partial charge in [0.05, 0.1) is 22.2 Å². The third-order valence-electron chi connectivity index (χ3n) is 8.45. The Hall–Kier alpha value is -5.58. The zero-order valence-corrected chi connectivity index (χ0v) is 24.5. The van der Waals surface area contributed by atoms with E-state index in [0.29, 0.717) is 5.95 Å². The van der Waals surface area contributed by atoms with Crippen LogP contribution < -0.4 is 0 Å². The van der Waals surface area contributed by atoms with Crippen molar-refractivity contribution in [3.63, 3.8) is 0 Å². The van der Waals surface area contributed by atoms with E-state index < -0.39 is 0 Å². The van der Waals surface area contributed by atoms with Gasteiger partial charge in [-0.1, -0.05) is 121 Å². The highest BCUT2D eigenvalue weighted by Gasteiger charge is 2.21. The van der Waals surface area contributed by atoms with Gasteiger partial charge in [0.15, 0.2) is 0 Å². The highest BCUT2D eigenvalue weighted by atomic mass is 32.1. The van der Waals surface area contributed by atoms with E-state index in [4.69, 9.17) is 9.97 Å². The number of para-hydroxylation sites is 2. The molecular formula is C40H25N3S. The molecule has 6 aromatic carbocycles. The molecule has 4 heteroatoms. The summed E-state index contributed by atoms with van der Waals surface area (Å²) in [7, 11) is 0. The first kappa shape index (κ1) is 25.0. The fourth-order valence-corrected chi connectivity index (χ4v) is 7.51. The Bertz CT molecular complexity index is 2490. The van der Waals surface area contributed by atoms with Crippen LogP contribution in [0.4, 0.5) is 0 Å². The fraction of sp³-hybridized carbons (Fsp3) is 0. The molecule has 0 spiro atoms. The van der Waals surface area contributed by atoms with Crippen LogP contribution in [0.15, 0.2) is 152 Å². The monoisotopic (exact) mass is 579 g/mol. The van der Waals surface area contributed by atoms with Crippen LogP contribution in [0.5, 0.6) is 0 Å². The first-order valence-electron chi connectivity index (χ1n) is 14.8. The van der Waals surface area contributed by atoms with Crippen LogP contribution in [0.25, 0.3) is 81.6 Å². The standard InChI is InChI=1S/C40H25N3S/c1-3-13-26(14-4-1)36-23-24-37(44-36)32-25-35-38(29-18-8-7-17-28(29)32)31-20-10-12-22-34(31)43(35)40-41-33-21-11-9-19-30(33)39(42-40)27-15-5-2-6-16-27/h1-25H. The lowest BCUT2D eigenvalue weighted by molar-refractivity contribution is 1.01. The lowest BCUT2D eigenvalue weighted by Gasteiger charge is -2.13. The third kappa shape index (κ3) is 3.89. The van der Waals surface area contributed by atoms with Crippen molar-refractivity contribution < 1.29 is 0 Å². The van der Waals surface area contributed by atoms with Crippen molar-refractivity contribution in [2.45, 2.75) is 0 Å². The zero-order valence-electron chi connectivity index (χ0n) is 23.7. The quantitative estimate of drug-likeness (QED) is 0.208. The van der Waals surface area contributed by atoms with Crippen molar-refractivity contribution in [1.82, 2.24) is 14.5 Å². The topological polar surface area (TPSA) is 30.7 Å². The summed E-state index contributed by atoms with van der Waals surface area (Å²) in [6.45, 7) is 0. The minimum atomic E-state index is 0.672. The molecule has 3 heterocycles. The van der Waals surface area contributed by atoms with E-state index in [9.17, 15) is 0 Å². The maximum Gasteiger partial charge on any atom is 0.235 e. The molecule has 0 amide bonds. The molecular weight excluding hydrogens is 555 g/mol. The van der Waals surface area contributed by atoms with Crippen LogP contribution in [0, 0.1) is 0 Å². The highest BCUT2D eigenvalue weighted by molar-refractivity contribution is 7.18. The van der Waals surface area contributed by atoms with Gasteiger partial charge in [-0.3, -0.25) is 4.57 Å². The highest BCUT2D eigenvalue weighted by Crippen LogP contribution is 2.44. The van der Waals surface area contributed by atoms with Crippen LogP contribution >= 0.6 is 11.3 Å². The number of fused-ring (bicyclic) bond motifs is 6. The van der Waals surface area contributed by atoms with Crippen molar-refractivity contribution in [2.75, 3.05) is 0 Å². The molecule has 9 rings (SSSR count). The van der Waals surface area contributed by atoms with E-state index in [-0.39, 0.29) is 0 Å². The van der Waals surface area contributed by atoms with Crippen molar-refractivity contribution >= 4 is 54.8 Å². The lowest BCUT2D eigenvalue weighted by Crippen LogP contribution is -2.03. The van der Waals surface area contributed by atoms with E-state index in [1.165, 1.54) is 42.4 Å². The normalized spacial score (nSPS) is 11.6. The predicted molar refractivity (Wildman–Crippen MR) is 186 cm³/mol. The first-order chi connectivity index (χ1) is 21.8. The fourth-order valence-electron chi connectivity index (χ4n) is 6.47. The number of hydrogen-bond donors (Lipinski definition) is 0. The molecule has 0 radical (unpaired) electrons. The molecule has 0 aliphatic rings. The predicted octanol–water partition coefficient (Wildman–Crippen LogP) is 10.9. The Balaban J connectivity index is 1.38. The molecule has 0 N–H and O–H groups in total. The molecule has 3 nitrogen and oxygen atoms in total. The van der Waals surface area contributed by atoms with Crippen molar-refractivity contribution in [1.29, 1.82) is 0 Å². The lowest BCUT2D eigenvalue weighted by atomic mass is 9.98. The van der Waals surface area contributed by atoms with E-state index in [1.807, 2.05) is 23.5 Å². The van der Waals surface area contributed by atoms with E-state index in [0.717, 1.165) is 33.2 Å². The van der Waals surface area contributed by atoms with Crippen molar-refractivity contribution in [2.24, 2.45) is 0 Å². The van der Waals surface area contributed by atoms with Crippen molar-refractivity contribution in [3.05, 3.63) is 152 Å². The van der Waals surface area contributed by atoms with Gasteiger partial charge in [-0.25, -0.2) is 9.97 Å². The maximum absolute atomic E-state index is 5.29. The van der Waals surface area contributed by atoms with E-state index >= 15 is 0 Å². The molecule has 0 saturated carbocycles. The number of nitrogens with zero attached hydrogens (tertiary/aromatic N) is 3. The molecule has 0 bridgehead atoms. The second-order valence-corrected chi connectivity index (χ2v) is 12.1. The minimum absolute atomic E-state index is 0.672. The average Bonchev–Trinajstić information content (AvgIpc) is 3.72. The Morgan fingerprint density at radius 2 is 1.07 bits per heavy atom. The van der Waals surface area contributed by atoms with Gasteiger partial charge >= 0.3 is 0 Å². The molecule has 0 unspecified atom stereocenters. The number of benzene rings is 6. The number of thiophene rings is 1. The third-order valence-corrected chi connectivity index (χ3v) is 9.61. The summed E-state index contributed by atoms with van der Waals surface area (Å²) in [5, 5.41) is 5.93. The van der Waals surface area contributed by atoms with Crippen LogP contribution in [0.3, 0.4) is 0 Å². The van der Waals surface area contributed by atoms with Crippen LogP contribution in [0.2, 0.25) is 0 Å². The largest absolute Gasteiger partial charge is 0.278 e. The van der Waals surface area contributed by atoms with Gasteiger partial charge in [-0.15, -0.1) is 11.3 Å². The first-order valence-corrected chi connectivity index (χ1v) is 15.6. The van der Waals surface area contributed by atoms with Crippen LogP contribution in [-0.4, -0.2) is 14.5 Å². The van der Waals surface area contributed by atoms with Gasteiger partial charge in [-0.2, -0.15) is 0 Å². The van der Waals surface area contributed by atoms with Gasteiger partial charge in [0.1, 0.15) is 0 Å². The number of aromatic nitrogens is 3. The summed E-state index contributed by atoms with van der Waals surface area (Å²) in [5.41, 5.74) is 7.58. The second kappa shape index (κ2) is 10.0. The summed E-state index contributed by atoms with van der Waals surface area (Å²) in [6, 6.07) is 53.6. The Labute approximate surface area is 258 Å². The SMILES string of the molecule is c1ccc(-c2ccc(-c3cc4c(c5ccccc35)c3ccccc3n4-c3nc(-c4ccccc4)c4ccccc4n3)s2)cc1. The molecule has 0 aliphatic carbocycles. The number of rotatable bonds is 4.